The molecule has 0 spiro atoms. The van der Waals surface area contributed by atoms with E-state index in [0.717, 1.165) is 42.1 Å². The number of hydrogen-bond acceptors (Lipinski definition) is 3. The minimum absolute atomic E-state index is 0. The Balaban J connectivity index is 0.00000110. The number of halogens is 3. The summed E-state index contributed by atoms with van der Waals surface area (Å²) in [5.41, 5.74) is 2.29. The van der Waals surface area contributed by atoms with Gasteiger partial charge in [-0.1, -0.05) is 17.7 Å². The number of piperazine rings is 1. The van der Waals surface area contributed by atoms with E-state index in [1.807, 2.05) is 24.4 Å². The van der Waals surface area contributed by atoms with Gasteiger partial charge in [0.2, 0.25) is 0 Å². The lowest BCUT2D eigenvalue weighted by Crippen LogP contribution is -2.49. The molecule has 1 fully saturated rings. The molecule has 1 aliphatic heterocycles. The van der Waals surface area contributed by atoms with Gasteiger partial charge >= 0.3 is 0 Å². The van der Waals surface area contributed by atoms with Gasteiger partial charge in [0, 0.05) is 48.8 Å². The van der Waals surface area contributed by atoms with Crippen LogP contribution in [0.4, 0.5) is 0 Å². The molecule has 0 bridgehead atoms. The van der Waals surface area contributed by atoms with Crippen molar-refractivity contribution in [2.75, 3.05) is 19.6 Å². The van der Waals surface area contributed by atoms with E-state index in [2.05, 4.69) is 28.2 Å². The van der Waals surface area contributed by atoms with Gasteiger partial charge in [-0.3, -0.25) is 9.88 Å². The largest absolute Gasteiger partial charge is 0.314 e. The Kier molecular flexibility index (Phi) is 7.17. The molecule has 3 rings (SSSR count). The minimum Gasteiger partial charge on any atom is -0.314 e. The van der Waals surface area contributed by atoms with E-state index >= 15 is 0 Å². The van der Waals surface area contributed by atoms with E-state index < -0.39 is 0 Å². The molecule has 116 valence electrons. The minimum atomic E-state index is 0. The Bertz CT molecular complexity index is 591. The highest BCUT2D eigenvalue weighted by molar-refractivity contribution is 6.35. The average Bonchev–Trinajstić information content (AvgIpc) is 2.44. The first-order chi connectivity index (χ1) is 9.25. The van der Waals surface area contributed by atoms with Crippen molar-refractivity contribution in [3.8, 4) is 0 Å². The molecule has 1 atom stereocenters. The summed E-state index contributed by atoms with van der Waals surface area (Å²) in [6.45, 7) is 6.39. The molecule has 2 heterocycles. The number of hydrogen-bond donors (Lipinski definition) is 1. The van der Waals surface area contributed by atoms with Crippen LogP contribution in [0.25, 0.3) is 10.9 Å². The normalized spacial score (nSPS) is 18.9. The summed E-state index contributed by atoms with van der Waals surface area (Å²) in [5, 5.41) is 5.24. The predicted molar refractivity (Wildman–Crippen MR) is 94.0 cm³/mol. The van der Waals surface area contributed by atoms with Gasteiger partial charge in [-0.25, -0.2) is 0 Å². The quantitative estimate of drug-likeness (QED) is 0.900. The van der Waals surface area contributed by atoms with Crippen molar-refractivity contribution in [2.45, 2.75) is 19.5 Å². The molecular formula is C15H20Cl3N3. The van der Waals surface area contributed by atoms with Crippen molar-refractivity contribution in [3.05, 3.63) is 41.0 Å². The molecule has 1 N–H and O–H groups in total. The topological polar surface area (TPSA) is 28.2 Å². The van der Waals surface area contributed by atoms with Gasteiger partial charge in [0.05, 0.1) is 5.52 Å². The predicted octanol–water partition coefficient (Wildman–Crippen LogP) is 3.53. The van der Waals surface area contributed by atoms with Gasteiger partial charge in [0.1, 0.15) is 0 Å². The van der Waals surface area contributed by atoms with Gasteiger partial charge in [-0.05, 0) is 30.7 Å². The molecule has 1 saturated heterocycles. The second-order valence-corrected chi connectivity index (χ2v) is 5.54. The Hall–Kier alpha value is -0.580. The van der Waals surface area contributed by atoms with Crippen LogP contribution in [0.2, 0.25) is 5.02 Å². The first-order valence-corrected chi connectivity index (χ1v) is 7.10. The first-order valence-electron chi connectivity index (χ1n) is 6.72. The van der Waals surface area contributed by atoms with Gasteiger partial charge in [-0.2, -0.15) is 0 Å². The molecule has 0 saturated carbocycles. The average molecular weight is 349 g/mol. The van der Waals surface area contributed by atoms with Crippen LogP contribution >= 0.6 is 36.4 Å². The maximum Gasteiger partial charge on any atom is 0.0761 e. The van der Waals surface area contributed by atoms with Crippen molar-refractivity contribution in [3.63, 3.8) is 0 Å². The molecule has 6 heteroatoms. The molecule has 0 amide bonds. The van der Waals surface area contributed by atoms with Crippen molar-refractivity contribution in [1.82, 2.24) is 15.2 Å². The summed E-state index contributed by atoms with van der Waals surface area (Å²) >= 11 is 6.24. The smallest absolute Gasteiger partial charge is 0.0761 e. The van der Waals surface area contributed by atoms with Gasteiger partial charge < -0.3 is 5.32 Å². The van der Waals surface area contributed by atoms with E-state index in [9.17, 15) is 0 Å². The lowest BCUT2D eigenvalue weighted by molar-refractivity contribution is 0.166. The van der Waals surface area contributed by atoms with E-state index in [-0.39, 0.29) is 24.8 Å². The fourth-order valence-corrected chi connectivity index (χ4v) is 2.88. The summed E-state index contributed by atoms with van der Waals surface area (Å²) in [6.07, 6.45) is 1.84. The zero-order chi connectivity index (χ0) is 13.2. The van der Waals surface area contributed by atoms with Crippen LogP contribution in [-0.2, 0) is 6.54 Å². The first kappa shape index (κ1) is 18.5. The Morgan fingerprint density at radius 3 is 2.90 bits per heavy atom. The number of benzene rings is 1. The lowest BCUT2D eigenvalue weighted by Gasteiger charge is -2.34. The van der Waals surface area contributed by atoms with Crippen molar-refractivity contribution in [2.24, 2.45) is 0 Å². The third kappa shape index (κ3) is 3.99. The molecule has 21 heavy (non-hydrogen) atoms. The third-order valence-electron chi connectivity index (χ3n) is 3.81. The summed E-state index contributed by atoms with van der Waals surface area (Å²) < 4.78 is 0. The van der Waals surface area contributed by atoms with Crippen LogP contribution in [0.15, 0.2) is 30.5 Å². The number of nitrogens with zero attached hydrogens (tertiary/aromatic N) is 2. The van der Waals surface area contributed by atoms with E-state index in [1.165, 1.54) is 5.56 Å². The molecule has 0 unspecified atom stereocenters. The summed E-state index contributed by atoms with van der Waals surface area (Å²) in [6, 6.07) is 8.62. The monoisotopic (exact) mass is 347 g/mol. The summed E-state index contributed by atoms with van der Waals surface area (Å²) in [4.78, 5) is 7.00. The molecule has 2 aromatic rings. The number of aromatic nitrogens is 1. The molecular weight excluding hydrogens is 329 g/mol. The standard InChI is InChI=1S/C15H18ClN3.2ClH/c1-11-9-17-7-8-19(11)10-12-4-5-14(16)13-3-2-6-18-15(12)13;;/h2-6,11,17H,7-10H2,1H3;2*1H/t11-;;/m1../s1. The number of nitrogens with one attached hydrogen (secondary N) is 1. The van der Waals surface area contributed by atoms with Gasteiger partial charge in [0.25, 0.3) is 0 Å². The Labute approximate surface area is 142 Å². The second kappa shape index (κ2) is 8.16. The molecule has 0 aliphatic carbocycles. The fourth-order valence-electron chi connectivity index (χ4n) is 2.66. The maximum absolute atomic E-state index is 6.24. The summed E-state index contributed by atoms with van der Waals surface area (Å²) in [7, 11) is 0. The van der Waals surface area contributed by atoms with Crippen molar-refractivity contribution >= 4 is 47.3 Å². The highest BCUT2D eigenvalue weighted by atomic mass is 35.5. The van der Waals surface area contributed by atoms with Crippen LogP contribution in [0.5, 0.6) is 0 Å². The molecule has 1 aliphatic rings. The van der Waals surface area contributed by atoms with Crippen LogP contribution < -0.4 is 5.32 Å². The molecule has 1 aromatic carbocycles. The number of rotatable bonds is 2. The second-order valence-electron chi connectivity index (χ2n) is 5.13. The molecule has 0 radical (unpaired) electrons. The highest BCUT2D eigenvalue weighted by Gasteiger charge is 2.19. The number of fused-ring (bicyclic) bond motifs is 1. The summed E-state index contributed by atoms with van der Waals surface area (Å²) in [5.74, 6) is 0. The van der Waals surface area contributed by atoms with Crippen LogP contribution in [0, 0.1) is 0 Å². The lowest BCUT2D eigenvalue weighted by atomic mass is 10.1. The van der Waals surface area contributed by atoms with Gasteiger partial charge in [-0.15, -0.1) is 24.8 Å². The SMILES string of the molecule is C[C@@H]1CNCCN1Cc1ccc(Cl)c2cccnc12.Cl.Cl. The Morgan fingerprint density at radius 1 is 1.33 bits per heavy atom. The van der Waals surface area contributed by atoms with Gasteiger partial charge in [0.15, 0.2) is 0 Å². The zero-order valence-electron chi connectivity index (χ0n) is 11.9. The third-order valence-corrected chi connectivity index (χ3v) is 4.14. The highest BCUT2D eigenvalue weighted by Crippen LogP contribution is 2.26. The maximum atomic E-state index is 6.24. The van der Waals surface area contributed by atoms with E-state index in [0.29, 0.717) is 6.04 Å². The van der Waals surface area contributed by atoms with Crippen LogP contribution in [0.3, 0.4) is 0 Å². The number of pyridine rings is 1. The van der Waals surface area contributed by atoms with E-state index in [1.54, 1.807) is 0 Å². The van der Waals surface area contributed by atoms with Crippen molar-refractivity contribution < 1.29 is 0 Å². The Morgan fingerprint density at radius 2 is 2.14 bits per heavy atom. The van der Waals surface area contributed by atoms with Crippen LogP contribution in [-0.4, -0.2) is 35.6 Å². The van der Waals surface area contributed by atoms with Crippen LogP contribution in [0.1, 0.15) is 12.5 Å². The van der Waals surface area contributed by atoms with E-state index in [4.69, 9.17) is 11.6 Å². The molecule has 1 aromatic heterocycles. The van der Waals surface area contributed by atoms with Crippen molar-refractivity contribution in [1.29, 1.82) is 0 Å². The molecule has 3 nitrogen and oxygen atoms in total. The fraction of sp³-hybridized carbons (Fsp3) is 0.400. The zero-order valence-corrected chi connectivity index (χ0v) is 14.3.